The molecular weight excluding hydrogens is 274 g/mol. The number of carbonyl (C=O) groups is 1. The van der Waals surface area contributed by atoms with Crippen molar-refractivity contribution in [3.63, 3.8) is 0 Å². The van der Waals surface area contributed by atoms with E-state index < -0.39 is 0 Å². The van der Waals surface area contributed by atoms with Gasteiger partial charge in [-0.3, -0.25) is 4.79 Å². The van der Waals surface area contributed by atoms with Crippen LogP contribution in [0.1, 0.15) is 23.5 Å². The third-order valence-corrected chi connectivity index (χ3v) is 3.63. The first-order valence-electron chi connectivity index (χ1n) is 6.23. The van der Waals surface area contributed by atoms with Gasteiger partial charge in [0, 0.05) is 13.1 Å². The van der Waals surface area contributed by atoms with Crippen LogP contribution in [0.25, 0.3) is 0 Å². The van der Waals surface area contributed by atoms with E-state index in [1.165, 1.54) is 24.0 Å². The number of nitrogen functional groups attached to an aromatic ring is 1. The molecule has 5 nitrogen and oxygen atoms in total. The highest BCUT2D eigenvalue weighted by molar-refractivity contribution is 7.19. The molecule has 20 heavy (non-hydrogen) atoms. The molecule has 6 heteroatoms. The number of thiophene rings is 1. The normalized spacial score (nSPS) is 9.75. The number of hydrogen-bond acceptors (Lipinski definition) is 5. The summed E-state index contributed by atoms with van der Waals surface area (Å²) in [6.07, 6.45) is 3.67. The molecule has 0 aliphatic heterocycles. The zero-order chi connectivity index (χ0) is 15.1. The molecule has 0 radical (unpaired) electrons. The summed E-state index contributed by atoms with van der Waals surface area (Å²) in [6, 6.07) is 0. The molecule has 1 aromatic heterocycles. The van der Waals surface area contributed by atoms with Crippen molar-refractivity contribution < 1.29 is 9.53 Å². The van der Waals surface area contributed by atoms with Crippen molar-refractivity contribution in [3.05, 3.63) is 29.2 Å². The topological polar surface area (TPSA) is 76.4 Å². The Bertz CT molecular complexity index is 517. The molecule has 0 bridgehead atoms. The van der Waals surface area contributed by atoms with Crippen molar-refractivity contribution in [1.29, 1.82) is 0 Å². The van der Waals surface area contributed by atoms with E-state index in [1.54, 1.807) is 6.08 Å². The average Bonchev–Trinajstić information content (AvgIpc) is 2.72. The molecule has 0 unspecified atom stereocenters. The summed E-state index contributed by atoms with van der Waals surface area (Å²) < 4.78 is 5.27. The quantitative estimate of drug-likeness (QED) is 0.676. The van der Waals surface area contributed by atoms with Gasteiger partial charge >= 0.3 is 0 Å². The minimum Gasteiger partial charge on any atom is -0.492 e. The Hall–Kier alpha value is -1.95. The van der Waals surface area contributed by atoms with Gasteiger partial charge in [0.2, 0.25) is 0 Å². The predicted octanol–water partition coefficient (Wildman–Crippen LogP) is 2.63. The summed E-state index contributed by atoms with van der Waals surface area (Å²) in [4.78, 5) is 12.4. The third-order valence-electron chi connectivity index (χ3n) is 2.49. The molecule has 1 amide bonds. The van der Waals surface area contributed by atoms with E-state index in [4.69, 9.17) is 10.5 Å². The predicted molar refractivity (Wildman–Crippen MR) is 85.7 cm³/mol. The maximum absolute atomic E-state index is 12.0. The van der Waals surface area contributed by atoms with Gasteiger partial charge in [0.15, 0.2) is 5.75 Å². The smallest absolute Gasteiger partial charge is 0.263 e. The van der Waals surface area contributed by atoms with Crippen LogP contribution in [0.2, 0.25) is 0 Å². The molecule has 0 aromatic carbocycles. The van der Waals surface area contributed by atoms with Gasteiger partial charge in [-0.25, -0.2) is 0 Å². The molecule has 0 aliphatic carbocycles. The van der Waals surface area contributed by atoms with Crippen LogP contribution < -0.4 is 21.1 Å². The van der Waals surface area contributed by atoms with Crippen molar-refractivity contribution in [3.8, 4) is 5.75 Å². The zero-order valence-corrected chi connectivity index (χ0v) is 12.9. The van der Waals surface area contributed by atoms with Crippen molar-refractivity contribution in [1.82, 2.24) is 5.32 Å². The highest BCUT2D eigenvalue weighted by Gasteiger charge is 2.21. The Balaban J connectivity index is 2.93. The number of hydrogen-bond donors (Lipinski definition) is 3. The number of amides is 1. The van der Waals surface area contributed by atoms with Crippen molar-refractivity contribution >= 4 is 27.9 Å². The van der Waals surface area contributed by atoms with Gasteiger partial charge in [-0.1, -0.05) is 17.7 Å². The van der Waals surface area contributed by atoms with Crippen LogP contribution in [0.5, 0.6) is 5.75 Å². The fraction of sp³-hybridized carbons (Fsp3) is 0.357. The van der Waals surface area contributed by atoms with Gasteiger partial charge < -0.3 is 21.1 Å². The number of allylic oxidation sites excluding steroid dienone is 1. The number of anilines is 2. The van der Waals surface area contributed by atoms with Gasteiger partial charge in [-0.2, -0.15) is 0 Å². The van der Waals surface area contributed by atoms with Crippen LogP contribution in [-0.2, 0) is 0 Å². The molecule has 4 N–H and O–H groups in total. The van der Waals surface area contributed by atoms with Crippen molar-refractivity contribution in [2.45, 2.75) is 13.8 Å². The van der Waals surface area contributed by atoms with Gasteiger partial charge in [-0.05, 0) is 13.8 Å². The second-order valence-corrected chi connectivity index (χ2v) is 5.39. The largest absolute Gasteiger partial charge is 0.492 e. The number of carbonyl (C=O) groups excluding carboxylic acids is 1. The molecule has 1 aromatic rings. The number of ether oxygens (including phenoxy) is 1. The summed E-state index contributed by atoms with van der Waals surface area (Å²) in [5.41, 5.74) is 7.54. The van der Waals surface area contributed by atoms with Crippen LogP contribution in [0.4, 0.5) is 10.7 Å². The van der Waals surface area contributed by atoms with Gasteiger partial charge in [0.25, 0.3) is 5.91 Å². The summed E-state index contributed by atoms with van der Waals surface area (Å²) in [5, 5.41) is 6.67. The van der Waals surface area contributed by atoms with E-state index in [2.05, 4.69) is 17.2 Å². The molecule has 1 rings (SSSR count). The zero-order valence-electron chi connectivity index (χ0n) is 12.1. The molecule has 1 heterocycles. The van der Waals surface area contributed by atoms with E-state index in [1.807, 2.05) is 19.9 Å². The molecular formula is C14H21N3O2S. The highest BCUT2D eigenvalue weighted by atomic mass is 32.1. The van der Waals surface area contributed by atoms with Crippen LogP contribution >= 0.6 is 11.3 Å². The highest BCUT2D eigenvalue weighted by Crippen LogP contribution is 2.42. The van der Waals surface area contributed by atoms with Crippen molar-refractivity contribution in [2.24, 2.45) is 0 Å². The Morgan fingerprint density at radius 2 is 2.15 bits per heavy atom. The maximum Gasteiger partial charge on any atom is 0.263 e. The summed E-state index contributed by atoms with van der Waals surface area (Å²) in [7, 11) is 1.54. The fourth-order valence-electron chi connectivity index (χ4n) is 1.51. The molecule has 0 saturated heterocycles. The Morgan fingerprint density at radius 1 is 1.45 bits per heavy atom. The number of nitrogens with two attached hydrogens (primary N) is 1. The van der Waals surface area contributed by atoms with Crippen molar-refractivity contribution in [2.75, 3.05) is 31.2 Å². The lowest BCUT2D eigenvalue weighted by Crippen LogP contribution is -2.23. The average molecular weight is 295 g/mol. The first-order chi connectivity index (χ1) is 9.51. The fourth-order valence-corrected chi connectivity index (χ4v) is 2.52. The van der Waals surface area contributed by atoms with Gasteiger partial charge in [0.1, 0.15) is 15.6 Å². The molecule has 0 saturated carbocycles. The lowest BCUT2D eigenvalue weighted by Gasteiger charge is -2.04. The summed E-state index contributed by atoms with van der Waals surface area (Å²) in [6.45, 7) is 8.67. The van der Waals surface area contributed by atoms with E-state index in [0.717, 1.165) is 5.00 Å². The van der Waals surface area contributed by atoms with Gasteiger partial charge in [0.05, 0.1) is 7.11 Å². The Labute approximate surface area is 123 Å². The Kier molecular flexibility index (Phi) is 6.11. The molecule has 0 aliphatic rings. The summed E-state index contributed by atoms with van der Waals surface area (Å²) >= 11 is 1.28. The number of nitrogens with one attached hydrogen (secondary N) is 2. The monoisotopic (exact) mass is 295 g/mol. The SMILES string of the molecule is C=CCNC(=O)c1sc(NCC=C(C)C)c(OC)c1N. The van der Waals surface area contributed by atoms with E-state index >= 15 is 0 Å². The minimum absolute atomic E-state index is 0.221. The van der Waals surface area contributed by atoms with E-state index in [9.17, 15) is 4.79 Å². The standard InChI is InChI=1S/C14H21N3O2S/c1-5-7-16-13(18)12-10(15)11(19-4)14(20-12)17-8-6-9(2)3/h5-6,17H,1,7-8,15H2,2-4H3,(H,16,18). The lowest BCUT2D eigenvalue weighted by atomic mass is 10.3. The minimum atomic E-state index is -0.221. The Morgan fingerprint density at radius 3 is 2.70 bits per heavy atom. The summed E-state index contributed by atoms with van der Waals surface area (Å²) in [5.74, 6) is 0.293. The van der Waals surface area contributed by atoms with E-state index in [0.29, 0.717) is 29.4 Å². The lowest BCUT2D eigenvalue weighted by molar-refractivity contribution is 0.0962. The second-order valence-electron chi connectivity index (χ2n) is 4.37. The van der Waals surface area contributed by atoms with Crippen LogP contribution in [-0.4, -0.2) is 26.1 Å². The third kappa shape index (κ3) is 4.03. The van der Waals surface area contributed by atoms with E-state index in [-0.39, 0.29) is 5.91 Å². The van der Waals surface area contributed by atoms with Gasteiger partial charge in [-0.15, -0.1) is 17.9 Å². The first-order valence-corrected chi connectivity index (χ1v) is 7.05. The number of methoxy groups -OCH3 is 1. The van der Waals surface area contributed by atoms with Crippen LogP contribution in [0.3, 0.4) is 0 Å². The molecule has 0 spiro atoms. The second kappa shape index (κ2) is 7.59. The maximum atomic E-state index is 12.0. The van der Waals surface area contributed by atoms with Crippen LogP contribution in [0, 0.1) is 0 Å². The molecule has 0 atom stereocenters. The first kappa shape index (κ1) is 16.1. The molecule has 0 fully saturated rings. The molecule has 110 valence electrons. The number of rotatable bonds is 7. The van der Waals surface area contributed by atoms with Crippen LogP contribution in [0.15, 0.2) is 24.3 Å².